The van der Waals surface area contributed by atoms with Crippen molar-refractivity contribution in [2.45, 2.75) is 4.90 Å². The molecule has 0 aliphatic carbocycles. The average molecular weight is 425 g/mol. The Morgan fingerprint density at radius 1 is 0.963 bits per heavy atom. The van der Waals surface area contributed by atoms with E-state index in [1.54, 1.807) is 0 Å². The molecule has 1 aromatic heterocycles. The number of rotatable bonds is 5. The van der Waals surface area contributed by atoms with Crippen LogP contribution in [0, 0.1) is 10.1 Å². The van der Waals surface area contributed by atoms with Crippen molar-refractivity contribution in [1.29, 1.82) is 0 Å². The van der Waals surface area contributed by atoms with Crippen molar-refractivity contribution in [1.82, 2.24) is 9.97 Å². The number of hydrogen-bond donors (Lipinski definition) is 1. The van der Waals surface area contributed by atoms with E-state index >= 15 is 0 Å². The predicted octanol–water partition coefficient (Wildman–Crippen LogP) is 4.16. The summed E-state index contributed by atoms with van der Waals surface area (Å²) in [5, 5.41) is 11.2. The highest BCUT2D eigenvalue weighted by Crippen LogP contribution is 2.34. The number of nitrogens with one attached hydrogen (secondary N) is 1. The summed E-state index contributed by atoms with van der Waals surface area (Å²) in [5.74, 6) is -0.0567. The molecular weight excluding hydrogens is 415 g/mol. The minimum absolute atomic E-state index is 0.00680. The first-order chi connectivity index (χ1) is 12.8. The van der Waals surface area contributed by atoms with E-state index in [9.17, 15) is 18.5 Å². The van der Waals surface area contributed by atoms with Gasteiger partial charge in [-0.1, -0.05) is 23.2 Å². The molecule has 0 aliphatic heterocycles. The highest BCUT2D eigenvalue weighted by molar-refractivity contribution is 7.92. The lowest BCUT2D eigenvalue weighted by Crippen LogP contribution is -2.15. The number of halogens is 2. The number of non-ortho nitro benzene ring substituents is 1. The lowest BCUT2D eigenvalue weighted by molar-refractivity contribution is -0.384. The fourth-order valence-electron chi connectivity index (χ4n) is 2.25. The van der Waals surface area contributed by atoms with Crippen LogP contribution in [-0.2, 0) is 10.0 Å². The third-order valence-electron chi connectivity index (χ3n) is 3.52. The molecule has 11 heteroatoms. The maximum Gasteiger partial charge on any atom is 0.269 e. The van der Waals surface area contributed by atoms with Crippen molar-refractivity contribution in [3.8, 4) is 11.1 Å². The van der Waals surface area contributed by atoms with Crippen LogP contribution in [0.4, 0.5) is 11.5 Å². The van der Waals surface area contributed by atoms with Gasteiger partial charge in [-0.2, -0.15) is 0 Å². The van der Waals surface area contributed by atoms with Crippen LogP contribution < -0.4 is 4.72 Å². The lowest BCUT2D eigenvalue weighted by Gasteiger charge is -2.12. The van der Waals surface area contributed by atoms with Crippen LogP contribution in [0.2, 0.25) is 10.2 Å². The topological polar surface area (TPSA) is 115 Å². The molecule has 0 radical (unpaired) electrons. The maximum absolute atomic E-state index is 12.6. The van der Waals surface area contributed by atoms with Gasteiger partial charge in [0.2, 0.25) is 0 Å². The molecule has 138 valence electrons. The molecule has 1 N–H and O–H groups in total. The number of benzene rings is 2. The molecule has 0 saturated carbocycles. The Balaban J connectivity index is 2.03. The number of nitro groups is 1. The van der Waals surface area contributed by atoms with Crippen molar-refractivity contribution in [2.75, 3.05) is 4.72 Å². The van der Waals surface area contributed by atoms with E-state index in [4.69, 9.17) is 23.2 Å². The smallest absolute Gasteiger partial charge is 0.263 e. The summed E-state index contributed by atoms with van der Waals surface area (Å²) in [6, 6.07) is 11.0. The zero-order chi connectivity index (χ0) is 19.6. The molecule has 8 nitrogen and oxygen atoms in total. The second-order valence-corrected chi connectivity index (χ2v) is 7.73. The van der Waals surface area contributed by atoms with Crippen LogP contribution in [0.25, 0.3) is 11.1 Å². The Morgan fingerprint density at radius 2 is 1.59 bits per heavy atom. The summed E-state index contributed by atoms with van der Waals surface area (Å²) in [6.45, 7) is 0. The number of aromatic nitrogens is 2. The van der Waals surface area contributed by atoms with Crippen molar-refractivity contribution in [2.24, 2.45) is 0 Å². The number of sulfonamides is 1. The van der Waals surface area contributed by atoms with Crippen molar-refractivity contribution >= 4 is 44.7 Å². The van der Waals surface area contributed by atoms with E-state index in [0.717, 1.165) is 6.33 Å². The van der Waals surface area contributed by atoms with Gasteiger partial charge in [0.15, 0.2) is 5.82 Å². The van der Waals surface area contributed by atoms with Crippen molar-refractivity contribution in [3.05, 3.63) is 75.1 Å². The van der Waals surface area contributed by atoms with Crippen LogP contribution in [0.3, 0.4) is 0 Å². The van der Waals surface area contributed by atoms with Crippen molar-refractivity contribution < 1.29 is 13.3 Å². The third kappa shape index (κ3) is 4.16. The molecular formula is C16H10Cl2N4O4S. The Bertz CT molecular complexity index is 1100. The van der Waals surface area contributed by atoms with Crippen molar-refractivity contribution in [3.63, 3.8) is 0 Å². The summed E-state index contributed by atoms with van der Waals surface area (Å²) in [6.07, 6.45) is 1.11. The maximum atomic E-state index is 12.6. The second kappa shape index (κ2) is 7.47. The molecule has 0 unspecified atom stereocenters. The Morgan fingerprint density at radius 3 is 2.19 bits per heavy atom. The van der Waals surface area contributed by atoms with Crippen LogP contribution >= 0.6 is 23.2 Å². The Hall–Kier alpha value is -2.75. The standard InChI is InChI=1S/C16H10Cl2N4O4S/c17-11-3-7-13(8-4-11)27(25,26)21-16-14(15(18)19-9-20-16)10-1-5-12(6-2-10)22(23)24/h1-9H,(H,19,20,21). The molecule has 27 heavy (non-hydrogen) atoms. The van der Waals surface area contributed by atoms with E-state index < -0.39 is 14.9 Å². The van der Waals surface area contributed by atoms with E-state index in [-0.39, 0.29) is 27.1 Å². The number of nitrogens with zero attached hydrogens (tertiary/aromatic N) is 3. The Kier molecular flexibility index (Phi) is 5.26. The molecule has 0 spiro atoms. The Labute approximate surface area is 164 Å². The normalized spacial score (nSPS) is 11.2. The summed E-state index contributed by atoms with van der Waals surface area (Å²) in [4.78, 5) is 18.1. The zero-order valence-corrected chi connectivity index (χ0v) is 15.7. The van der Waals surface area contributed by atoms with Gasteiger partial charge in [-0.3, -0.25) is 14.8 Å². The van der Waals surface area contributed by atoms with Gasteiger partial charge in [0.1, 0.15) is 11.5 Å². The van der Waals surface area contributed by atoms with Gasteiger partial charge in [0.25, 0.3) is 15.7 Å². The largest absolute Gasteiger partial charge is 0.269 e. The molecule has 1 heterocycles. The van der Waals surface area contributed by atoms with E-state index in [1.165, 1.54) is 48.5 Å². The van der Waals surface area contributed by atoms with Crippen LogP contribution in [-0.4, -0.2) is 23.3 Å². The number of nitro benzene ring substituents is 1. The average Bonchev–Trinajstić information content (AvgIpc) is 2.62. The quantitative estimate of drug-likeness (QED) is 0.373. The van der Waals surface area contributed by atoms with Gasteiger partial charge in [0, 0.05) is 17.2 Å². The fraction of sp³-hybridized carbons (Fsp3) is 0. The molecule has 0 atom stereocenters. The van der Waals surface area contributed by atoms with Gasteiger partial charge in [0.05, 0.1) is 15.4 Å². The SMILES string of the molecule is O=[N+]([O-])c1ccc(-c2c(Cl)ncnc2NS(=O)(=O)c2ccc(Cl)cc2)cc1. The van der Waals surface area contributed by atoms with E-state index in [2.05, 4.69) is 14.7 Å². The van der Waals surface area contributed by atoms with Crippen LogP contribution in [0.1, 0.15) is 0 Å². The van der Waals surface area contributed by atoms with E-state index in [0.29, 0.717) is 10.6 Å². The lowest BCUT2D eigenvalue weighted by atomic mass is 10.1. The number of hydrogen-bond acceptors (Lipinski definition) is 6. The highest BCUT2D eigenvalue weighted by atomic mass is 35.5. The molecule has 2 aromatic carbocycles. The first-order valence-electron chi connectivity index (χ1n) is 7.31. The van der Waals surface area contributed by atoms with Gasteiger partial charge in [-0.05, 0) is 42.0 Å². The van der Waals surface area contributed by atoms with Crippen LogP contribution in [0.5, 0.6) is 0 Å². The minimum Gasteiger partial charge on any atom is -0.263 e. The summed E-state index contributed by atoms with van der Waals surface area (Å²) in [7, 11) is -3.96. The molecule has 0 aliphatic rings. The summed E-state index contributed by atoms with van der Waals surface area (Å²) < 4.78 is 27.6. The number of anilines is 1. The molecule has 0 fully saturated rings. The van der Waals surface area contributed by atoms with Gasteiger partial charge < -0.3 is 0 Å². The van der Waals surface area contributed by atoms with E-state index in [1.807, 2.05) is 0 Å². The van der Waals surface area contributed by atoms with Crippen LogP contribution in [0.15, 0.2) is 59.8 Å². The first-order valence-corrected chi connectivity index (χ1v) is 9.55. The fourth-order valence-corrected chi connectivity index (χ4v) is 3.64. The molecule has 0 amide bonds. The zero-order valence-electron chi connectivity index (χ0n) is 13.3. The summed E-state index contributed by atoms with van der Waals surface area (Å²) >= 11 is 11.9. The highest BCUT2D eigenvalue weighted by Gasteiger charge is 2.20. The van der Waals surface area contributed by atoms with Gasteiger partial charge >= 0.3 is 0 Å². The summed E-state index contributed by atoms with van der Waals surface area (Å²) in [5.41, 5.74) is 0.502. The predicted molar refractivity (Wildman–Crippen MR) is 101 cm³/mol. The second-order valence-electron chi connectivity index (χ2n) is 5.25. The third-order valence-corrected chi connectivity index (χ3v) is 5.42. The minimum atomic E-state index is -3.96. The molecule has 3 rings (SSSR count). The molecule has 0 bridgehead atoms. The van der Waals surface area contributed by atoms with Gasteiger partial charge in [-0.25, -0.2) is 18.4 Å². The molecule has 3 aromatic rings. The molecule has 0 saturated heterocycles. The monoisotopic (exact) mass is 424 g/mol. The first kappa shape index (κ1) is 19.0. The van der Waals surface area contributed by atoms with Gasteiger partial charge in [-0.15, -0.1) is 0 Å².